The first-order valence-corrected chi connectivity index (χ1v) is 6.52. The second-order valence-corrected chi connectivity index (χ2v) is 4.51. The molecule has 0 heterocycles. The van der Waals surface area contributed by atoms with Gasteiger partial charge in [0.1, 0.15) is 12.4 Å². The predicted molar refractivity (Wildman–Crippen MR) is 82.2 cm³/mol. The second kappa shape index (κ2) is 7.09. The molecule has 2 aromatic rings. The van der Waals surface area contributed by atoms with Gasteiger partial charge in [0, 0.05) is 5.56 Å². The largest absolute Gasteiger partial charge is 0.486 e. The molecule has 0 saturated carbocycles. The minimum absolute atomic E-state index is 0.109. The number of rotatable bonds is 5. The number of carbonyl (C=O) groups excluding carboxylic acids is 1. The van der Waals surface area contributed by atoms with Gasteiger partial charge < -0.3 is 10.5 Å². The van der Waals surface area contributed by atoms with Crippen LogP contribution in [0, 0.1) is 6.92 Å². The molecule has 3 N–H and O–H groups in total. The number of amides is 1. The number of amidine groups is 1. The van der Waals surface area contributed by atoms with E-state index in [1.807, 2.05) is 37.3 Å². The zero-order valence-corrected chi connectivity index (χ0v) is 11.7. The molecule has 0 radical (unpaired) electrons. The van der Waals surface area contributed by atoms with Crippen molar-refractivity contribution in [2.45, 2.75) is 6.92 Å². The van der Waals surface area contributed by atoms with Gasteiger partial charge in [0.15, 0.2) is 5.84 Å². The Hall–Kier alpha value is -2.82. The molecule has 0 spiro atoms. The molecule has 0 bridgehead atoms. The predicted octanol–water partition coefficient (Wildman–Crippen LogP) is 2.08. The molecule has 0 saturated heterocycles. The van der Waals surface area contributed by atoms with Crippen molar-refractivity contribution < 1.29 is 9.53 Å². The van der Waals surface area contributed by atoms with Crippen molar-refractivity contribution in [3.05, 3.63) is 65.7 Å². The first-order chi connectivity index (χ1) is 10.1. The van der Waals surface area contributed by atoms with Gasteiger partial charge in [0.05, 0.1) is 0 Å². The molecule has 0 atom stereocenters. The Labute approximate surface area is 123 Å². The maximum Gasteiger partial charge on any atom is 0.271 e. The van der Waals surface area contributed by atoms with Crippen LogP contribution in [0.15, 0.2) is 59.7 Å². The van der Waals surface area contributed by atoms with Crippen molar-refractivity contribution in [3.63, 3.8) is 0 Å². The lowest BCUT2D eigenvalue weighted by atomic mass is 10.2. The lowest BCUT2D eigenvalue weighted by Gasteiger charge is -2.06. The molecule has 0 aliphatic carbocycles. The summed E-state index contributed by atoms with van der Waals surface area (Å²) in [5, 5.41) is 3.80. The van der Waals surface area contributed by atoms with E-state index in [2.05, 4.69) is 10.5 Å². The lowest BCUT2D eigenvalue weighted by molar-refractivity contribution is 0.0954. The lowest BCUT2D eigenvalue weighted by Crippen LogP contribution is -2.27. The average molecular weight is 283 g/mol. The van der Waals surface area contributed by atoms with E-state index in [1.165, 1.54) is 0 Å². The zero-order valence-electron chi connectivity index (χ0n) is 11.7. The molecular formula is C16H17N3O2. The fraction of sp³-hybridized carbons (Fsp3) is 0.125. The fourth-order valence-electron chi connectivity index (χ4n) is 1.60. The van der Waals surface area contributed by atoms with Crippen LogP contribution in [0.4, 0.5) is 0 Å². The van der Waals surface area contributed by atoms with Gasteiger partial charge in [-0.2, -0.15) is 5.10 Å². The van der Waals surface area contributed by atoms with Gasteiger partial charge in [-0.1, -0.05) is 35.9 Å². The van der Waals surface area contributed by atoms with Crippen molar-refractivity contribution in [3.8, 4) is 5.75 Å². The van der Waals surface area contributed by atoms with Gasteiger partial charge in [-0.05, 0) is 31.2 Å². The molecule has 5 heteroatoms. The number of ether oxygens (including phenoxy) is 1. The quantitative estimate of drug-likeness (QED) is 0.501. The van der Waals surface area contributed by atoms with E-state index < -0.39 is 0 Å². The fourth-order valence-corrected chi connectivity index (χ4v) is 1.60. The van der Waals surface area contributed by atoms with Gasteiger partial charge in [-0.15, -0.1) is 0 Å². The molecule has 0 aromatic heterocycles. The number of nitrogens with one attached hydrogen (secondary N) is 1. The van der Waals surface area contributed by atoms with Crippen LogP contribution in [-0.2, 0) is 0 Å². The van der Waals surface area contributed by atoms with Crippen LogP contribution in [0.1, 0.15) is 15.9 Å². The van der Waals surface area contributed by atoms with Crippen molar-refractivity contribution in [2.24, 2.45) is 10.8 Å². The molecule has 2 aromatic carbocycles. The van der Waals surface area contributed by atoms with E-state index in [4.69, 9.17) is 10.5 Å². The highest BCUT2D eigenvalue weighted by atomic mass is 16.5. The summed E-state index contributed by atoms with van der Waals surface area (Å²) in [5.41, 5.74) is 9.75. The van der Waals surface area contributed by atoms with Crippen molar-refractivity contribution in [1.82, 2.24) is 5.43 Å². The maximum atomic E-state index is 11.7. The summed E-state index contributed by atoms with van der Waals surface area (Å²) in [6.07, 6.45) is 0. The van der Waals surface area contributed by atoms with Crippen LogP contribution in [-0.4, -0.2) is 18.3 Å². The van der Waals surface area contributed by atoms with Crippen LogP contribution >= 0.6 is 0 Å². The highest BCUT2D eigenvalue weighted by Gasteiger charge is 2.03. The molecule has 0 aliphatic rings. The minimum Gasteiger partial charge on any atom is -0.486 e. The summed E-state index contributed by atoms with van der Waals surface area (Å²) in [7, 11) is 0. The highest BCUT2D eigenvalue weighted by Crippen LogP contribution is 2.10. The maximum absolute atomic E-state index is 11.7. The Kier molecular flexibility index (Phi) is 4.93. The van der Waals surface area contributed by atoms with E-state index in [-0.39, 0.29) is 18.3 Å². The second-order valence-electron chi connectivity index (χ2n) is 4.51. The molecule has 0 fully saturated rings. The van der Waals surface area contributed by atoms with Crippen molar-refractivity contribution >= 4 is 11.7 Å². The van der Waals surface area contributed by atoms with Gasteiger partial charge in [-0.25, -0.2) is 5.43 Å². The molecule has 0 aliphatic heterocycles. The summed E-state index contributed by atoms with van der Waals surface area (Å²) < 4.78 is 5.45. The first kappa shape index (κ1) is 14.6. The summed E-state index contributed by atoms with van der Waals surface area (Å²) in [6, 6.07) is 16.4. The highest BCUT2D eigenvalue weighted by molar-refractivity contribution is 5.95. The number of nitrogens with zero attached hydrogens (tertiary/aromatic N) is 1. The normalized spacial score (nSPS) is 11.0. The van der Waals surface area contributed by atoms with Crippen LogP contribution < -0.4 is 15.9 Å². The number of hydrogen-bond donors (Lipinski definition) is 2. The minimum atomic E-state index is -0.311. The third-order valence-corrected chi connectivity index (χ3v) is 2.74. The monoisotopic (exact) mass is 283 g/mol. The van der Waals surface area contributed by atoms with Crippen molar-refractivity contribution in [1.29, 1.82) is 0 Å². The molecule has 5 nitrogen and oxygen atoms in total. The van der Waals surface area contributed by atoms with Crippen LogP contribution in [0.3, 0.4) is 0 Å². The first-order valence-electron chi connectivity index (χ1n) is 6.52. The Balaban J connectivity index is 1.84. The van der Waals surface area contributed by atoms with E-state index in [1.54, 1.807) is 24.3 Å². The SMILES string of the molecule is Cc1ccc(OC/C(N)=N/NC(=O)c2ccccc2)cc1. The third kappa shape index (κ3) is 4.65. The summed E-state index contributed by atoms with van der Waals surface area (Å²) in [4.78, 5) is 11.7. The van der Waals surface area contributed by atoms with Crippen LogP contribution in [0.25, 0.3) is 0 Å². The number of benzene rings is 2. The van der Waals surface area contributed by atoms with E-state index in [0.717, 1.165) is 5.56 Å². The molecule has 108 valence electrons. The number of hydrazone groups is 1. The molecule has 1 amide bonds. The van der Waals surface area contributed by atoms with Crippen molar-refractivity contribution in [2.75, 3.05) is 6.61 Å². The average Bonchev–Trinajstić information content (AvgIpc) is 2.53. The number of carbonyl (C=O) groups is 1. The van der Waals surface area contributed by atoms with Crippen LogP contribution in [0.5, 0.6) is 5.75 Å². The van der Waals surface area contributed by atoms with Crippen LogP contribution in [0.2, 0.25) is 0 Å². The van der Waals surface area contributed by atoms with Gasteiger partial charge in [0.2, 0.25) is 0 Å². The molecule has 2 rings (SSSR count). The summed E-state index contributed by atoms with van der Waals surface area (Å²) in [6.45, 7) is 2.11. The third-order valence-electron chi connectivity index (χ3n) is 2.74. The number of aryl methyl sites for hydroxylation is 1. The Morgan fingerprint density at radius 3 is 2.48 bits per heavy atom. The van der Waals surface area contributed by atoms with Gasteiger partial charge in [0.25, 0.3) is 5.91 Å². The molecular weight excluding hydrogens is 266 g/mol. The number of nitrogens with two attached hydrogens (primary N) is 1. The standard InChI is InChI=1S/C16H17N3O2/c1-12-7-9-14(10-8-12)21-11-15(17)18-19-16(20)13-5-3-2-4-6-13/h2-10H,11H2,1H3,(H2,17,18)(H,19,20). The topological polar surface area (TPSA) is 76.7 Å². The van der Waals surface area contributed by atoms with Gasteiger partial charge >= 0.3 is 0 Å². The Morgan fingerprint density at radius 2 is 1.81 bits per heavy atom. The van der Waals surface area contributed by atoms with E-state index >= 15 is 0 Å². The van der Waals surface area contributed by atoms with E-state index in [0.29, 0.717) is 11.3 Å². The van der Waals surface area contributed by atoms with E-state index in [9.17, 15) is 4.79 Å². The summed E-state index contributed by atoms with van der Waals surface area (Å²) in [5.74, 6) is 0.585. The zero-order chi connectivity index (χ0) is 15.1. The smallest absolute Gasteiger partial charge is 0.271 e. The van der Waals surface area contributed by atoms with Gasteiger partial charge in [-0.3, -0.25) is 4.79 Å². The Morgan fingerprint density at radius 1 is 1.14 bits per heavy atom. The molecule has 0 unspecified atom stereocenters. The molecule has 21 heavy (non-hydrogen) atoms. The Bertz CT molecular complexity index is 622. The number of hydrogen-bond acceptors (Lipinski definition) is 3. The summed E-state index contributed by atoms with van der Waals surface area (Å²) >= 11 is 0.